The summed E-state index contributed by atoms with van der Waals surface area (Å²) in [4.78, 5) is 57.9. The maximum absolute atomic E-state index is 13.2. The van der Waals surface area contributed by atoms with Gasteiger partial charge in [0.1, 0.15) is 11.6 Å². The van der Waals surface area contributed by atoms with Gasteiger partial charge in [0.15, 0.2) is 10.0 Å². The molecule has 0 unspecified atom stereocenters. The van der Waals surface area contributed by atoms with Crippen LogP contribution < -0.4 is 10.6 Å². The monoisotopic (exact) mass is 820 g/mol. The minimum absolute atomic E-state index is 0.0542. The van der Waals surface area contributed by atoms with E-state index in [1.165, 1.54) is 0 Å². The fraction of sp³-hybridized carbons (Fsp3) is 0.364. The molecule has 58 heavy (non-hydrogen) atoms. The first-order valence-electron chi connectivity index (χ1n) is 19.6. The van der Waals surface area contributed by atoms with Crippen molar-refractivity contribution in [2.75, 3.05) is 41.3 Å². The number of carbonyl (C=O) groups excluding carboxylic acids is 2. The molecule has 2 aromatic carbocycles. The van der Waals surface area contributed by atoms with Crippen molar-refractivity contribution >= 4 is 34.5 Å². The zero-order valence-electron chi connectivity index (χ0n) is 34.4. The van der Waals surface area contributed by atoms with Gasteiger partial charge in [0.05, 0.1) is 58.5 Å². The Balaban J connectivity index is 0.000000684. The number of nitrogens with one attached hydrogen (secondary N) is 4. The van der Waals surface area contributed by atoms with Gasteiger partial charge in [-0.1, -0.05) is 74.5 Å². The molecule has 0 spiro atoms. The van der Waals surface area contributed by atoms with Crippen molar-refractivity contribution in [2.45, 2.75) is 64.5 Å². The molecule has 0 saturated carbocycles. The van der Waals surface area contributed by atoms with Crippen molar-refractivity contribution < 1.29 is 9.59 Å². The van der Waals surface area contributed by atoms with Gasteiger partial charge in [0.2, 0.25) is 11.8 Å². The molecule has 2 aliphatic rings. The number of likely N-dealkylation sites (tertiary alicyclic amines) is 2. The van der Waals surface area contributed by atoms with Crippen molar-refractivity contribution in [3.05, 3.63) is 108 Å². The molecule has 6 heterocycles. The van der Waals surface area contributed by atoms with Crippen LogP contribution in [0.1, 0.15) is 74.4 Å². The van der Waals surface area contributed by atoms with Gasteiger partial charge in [-0.2, -0.15) is 0 Å². The second kappa shape index (κ2) is 23.7. The summed E-state index contributed by atoms with van der Waals surface area (Å²) in [6, 6.07) is 19.7. The van der Waals surface area contributed by atoms with E-state index in [9.17, 15) is 9.59 Å². The van der Waals surface area contributed by atoms with Crippen LogP contribution in [-0.2, 0) is 22.4 Å². The molecule has 2 atom stereocenters. The van der Waals surface area contributed by atoms with E-state index in [2.05, 4.69) is 43.4 Å². The summed E-state index contributed by atoms with van der Waals surface area (Å²) in [6.07, 6.45) is 19.9. The Bertz CT molecular complexity index is 1970. The van der Waals surface area contributed by atoms with Gasteiger partial charge in [-0.3, -0.25) is 9.59 Å². The number of hydrogen-bond donors (Lipinski definition) is 4. The minimum Gasteiger partial charge on any atom is -0.340 e. The Morgan fingerprint density at radius 1 is 0.638 bits per heavy atom. The van der Waals surface area contributed by atoms with Crippen LogP contribution in [0.5, 0.6) is 0 Å². The van der Waals surface area contributed by atoms with Crippen LogP contribution >= 0.6 is 22.7 Å². The second-order valence-corrected chi connectivity index (χ2v) is 15.3. The number of hydrogen-bond acceptors (Lipinski definition) is 10. The van der Waals surface area contributed by atoms with Crippen LogP contribution in [0.2, 0.25) is 0 Å². The molecule has 2 saturated heterocycles. The van der Waals surface area contributed by atoms with Gasteiger partial charge in [-0.15, -0.1) is 35.5 Å². The lowest BCUT2D eigenvalue weighted by Gasteiger charge is -2.23. The van der Waals surface area contributed by atoms with E-state index in [0.29, 0.717) is 12.8 Å². The molecule has 4 aromatic heterocycles. The van der Waals surface area contributed by atoms with Gasteiger partial charge in [-0.05, 0) is 65.0 Å². The van der Waals surface area contributed by atoms with E-state index in [4.69, 9.17) is 9.97 Å². The Kier molecular flexibility index (Phi) is 18.5. The smallest absolute Gasteiger partial charge is 0.227 e. The topological polar surface area (TPSA) is 148 Å². The minimum atomic E-state index is -0.0542. The Hall–Kier alpha value is -5.46. The van der Waals surface area contributed by atoms with Crippen LogP contribution in [0, 0.1) is 12.8 Å². The van der Waals surface area contributed by atoms with Crippen molar-refractivity contribution in [1.29, 1.82) is 0 Å². The highest BCUT2D eigenvalue weighted by Gasteiger charge is 2.33. The summed E-state index contributed by atoms with van der Waals surface area (Å²) < 4.78 is 0. The highest BCUT2D eigenvalue weighted by Crippen LogP contribution is 2.38. The highest BCUT2D eigenvalue weighted by molar-refractivity contribution is 7.24. The van der Waals surface area contributed by atoms with Crippen LogP contribution in [0.25, 0.3) is 31.2 Å². The summed E-state index contributed by atoms with van der Waals surface area (Å²) in [5.74, 6) is 1.88. The van der Waals surface area contributed by atoms with E-state index in [0.717, 1.165) is 92.7 Å². The molecular weight excluding hydrogens is 765 g/mol. The van der Waals surface area contributed by atoms with E-state index in [1.807, 2.05) is 137 Å². The molecule has 8 rings (SSSR count). The summed E-state index contributed by atoms with van der Waals surface area (Å²) in [5, 5.41) is 7.15. The SMILES string of the molecule is C#C.CC.CNC.CNC.O=C(Cc1ccccc1)N1CCC[C@H]1c1ncc(-c2cnc(-c3ncc(-c4cnc([C@@H]5CCCN5C(=O)Cc5ccccc5)[nH]4)s3)s2)[nH]1. The highest BCUT2D eigenvalue weighted by atomic mass is 32.1. The predicted octanol–water partition coefficient (Wildman–Crippen LogP) is 7.81. The number of aromatic amines is 2. The van der Waals surface area contributed by atoms with Crippen LogP contribution in [0.3, 0.4) is 0 Å². The molecule has 0 aliphatic carbocycles. The maximum Gasteiger partial charge on any atom is 0.227 e. The lowest BCUT2D eigenvalue weighted by atomic mass is 10.1. The van der Waals surface area contributed by atoms with Gasteiger partial charge >= 0.3 is 0 Å². The van der Waals surface area contributed by atoms with Crippen molar-refractivity contribution in [3.8, 4) is 44.0 Å². The van der Waals surface area contributed by atoms with E-state index < -0.39 is 0 Å². The van der Waals surface area contributed by atoms with Gasteiger partial charge < -0.3 is 30.4 Å². The number of carbonyl (C=O) groups is 2. The third-order valence-corrected chi connectivity index (χ3v) is 11.3. The largest absolute Gasteiger partial charge is 0.340 e. The van der Waals surface area contributed by atoms with E-state index in [-0.39, 0.29) is 23.9 Å². The van der Waals surface area contributed by atoms with Crippen LogP contribution in [0.15, 0.2) is 85.5 Å². The molecule has 12 nitrogen and oxygen atoms in total. The first-order chi connectivity index (χ1) is 28.4. The Morgan fingerprint density at radius 2 is 1.00 bits per heavy atom. The maximum atomic E-state index is 13.2. The molecule has 2 aliphatic heterocycles. The Morgan fingerprint density at radius 3 is 1.36 bits per heavy atom. The average Bonchev–Trinajstić information content (AvgIpc) is 4.10. The number of benzene rings is 2. The number of imidazole rings is 2. The third kappa shape index (κ3) is 11.8. The fourth-order valence-corrected chi connectivity index (χ4v) is 8.50. The lowest BCUT2D eigenvalue weighted by Crippen LogP contribution is -2.32. The van der Waals surface area contributed by atoms with Crippen molar-refractivity contribution in [3.63, 3.8) is 0 Å². The van der Waals surface area contributed by atoms with E-state index in [1.54, 1.807) is 22.7 Å². The number of nitrogens with zero attached hydrogens (tertiary/aromatic N) is 6. The van der Waals surface area contributed by atoms with Crippen LogP contribution in [-0.4, -0.2) is 92.8 Å². The first-order valence-corrected chi connectivity index (χ1v) is 21.2. The second-order valence-electron chi connectivity index (χ2n) is 13.2. The summed E-state index contributed by atoms with van der Waals surface area (Å²) >= 11 is 3.11. The number of amides is 2. The predicted molar refractivity (Wildman–Crippen MR) is 237 cm³/mol. The fourth-order valence-electron chi connectivity index (χ4n) is 6.70. The molecule has 0 bridgehead atoms. The molecule has 0 radical (unpaired) electrons. The summed E-state index contributed by atoms with van der Waals surface area (Å²) in [7, 11) is 7.50. The molecule has 2 fully saturated rings. The van der Waals surface area contributed by atoms with Gasteiger partial charge in [0.25, 0.3) is 0 Å². The van der Waals surface area contributed by atoms with Crippen molar-refractivity contribution in [2.24, 2.45) is 0 Å². The molecule has 306 valence electrons. The van der Waals surface area contributed by atoms with Crippen molar-refractivity contribution in [1.82, 2.24) is 50.3 Å². The first kappa shape index (κ1) is 45.2. The molecular formula is C44H56N10O2S2. The number of thiazole rings is 2. The average molecular weight is 821 g/mol. The molecule has 14 heteroatoms. The normalized spacial score (nSPS) is 15.4. The zero-order valence-corrected chi connectivity index (χ0v) is 36.0. The summed E-state index contributed by atoms with van der Waals surface area (Å²) in [6.45, 7) is 5.49. The molecule has 6 aromatic rings. The molecule has 4 N–H and O–H groups in total. The van der Waals surface area contributed by atoms with Gasteiger partial charge in [0, 0.05) is 25.5 Å². The standard InChI is InChI=1S/C36H34N8O2S2.2C2H7N.C2H6.C2H2/c45-31(17-23-9-3-1-4-10-23)43-15-7-13-27(43)33-37-19-25(41-33)29-21-39-35(47-29)36-40-22-30(48-36)26-20-38-34(42-26)28-14-8-16-44(28)32(46)18-24-11-5-2-6-12-24;2*1-3-2;2*1-2/h1-6,9-12,19-22,27-28H,7-8,13-18H2,(H,37,41)(H,38,42);2*3H,1-2H3;1-2H3;1-2H/t27-,28-;;;;/m0..../s1. The number of terminal acetylenes is 1. The lowest BCUT2D eigenvalue weighted by molar-refractivity contribution is -0.132. The van der Waals surface area contributed by atoms with E-state index >= 15 is 0 Å². The van der Waals surface area contributed by atoms with Crippen LogP contribution in [0.4, 0.5) is 0 Å². The quantitative estimate of drug-likeness (QED) is 0.108. The zero-order chi connectivity index (χ0) is 41.9. The van der Waals surface area contributed by atoms with Gasteiger partial charge in [-0.25, -0.2) is 19.9 Å². The summed E-state index contributed by atoms with van der Waals surface area (Å²) in [5.41, 5.74) is 3.81. The Labute approximate surface area is 351 Å². The molecule has 2 amide bonds. The number of H-pyrrole nitrogens is 2. The third-order valence-electron chi connectivity index (χ3n) is 9.09. The number of aromatic nitrogens is 6. The number of rotatable bonds is 9.